The van der Waals surface area contributed by atoms with E-state index in [0.29, 0.717) is 25.3 Å². The Morgan fingerprint density at radius 3 is 2.93 bits per heavy atom. The van der Waals surface area contributed by atoms with E-state index in [2.05, 4.69) is 5.10 Å². The normalized spacial score (nSPS) is 16.7. The van der Waals surface area contributed by atoms with Gasteiger partial charge in [0.2, 0.25) is 6.41 Å². The van der Waals surface area contributed by atoms with Crippen LogP contribution >= 0.6 is 0 Å². The minimum absolute atomic E-state index is 0.373. The van der Waals surface area contributed by atoms with Gasteiger partial charge in [-0.25, -0.2) is 9.80 Å². The van der Waals surface area contributed by atoms with Gasteiger partial charge < -0.3 is 4.42 Å². The first-order valence-electron chi connectivity index (χ1n) is 4.42. The summed E-state index contributed by atoms with van der Waals surface area (Å²) in [6, 6.07) is 3.04. The Bertz CT molecular complexity index is 385. The van der Waals surface area contributed by atoms with Crippen LogP contribution in [0, 0.1) is 0 Å². The summed E-state index contributed by atoms with van der Waals surface area (Å²) in [4.78, 5) is 22.8. The molecule has 0 aromatic carbocycles. The molecule has 1 aliphatic rings. The first-order valence-corrected chi connectivity index (χ1v) is 4.42. The highest BCUT2D eigenvalue weighted by molar-refractivity contribution is 5.87. The van der Waals surface area contributed by atoms with Gasteiger partial charge in [-0.05, 0) is 12.1 Å². The van der Waals surface area contributed by atoms with E-state index in [9.17, 15) is 9.59 Å². The van der Waals surface area contributed by atoms with Gasteiger partial charge in [-0.15, -0.1) is 0 Å². The van der Waals surface area contributed by atoms with E-state index in [0.717, 1.165) is 4.90 Å². The fourth-order valence-electron chi connectivity index (χ4n) is 1.24. The summed E-state index contributed by atoms with van der Waals surface area (Å²) in [5, 5.41) is 5.13. The minimum Gasteiger partial charge on any atom is -0.463 e. The van der Waals surface area contributed by atoms with Crippen LogP contribution in [0.25, 0.3) is 0 Å². The predicted octanol–water partition coefficient (Wildman–Crippen LogP) is 0.507. The van der Waals surface area contributed by atoms with E-state index in [1.54, 1.807) is 12.1 Å². The molecule has 78 valence electrons. The van der Waals surface area contributed by atoms with Crippen molar-refractivity contribution in [2.45, 2.75) is 0 Å². The highest BCUT2D eigenvalue weighted by Crippen LogP contribution is 2.06. The molecule has 0 unspecified atom stereocenters. The average molecular weight is 207 g/mol. The number of urea groups is 1. The monoisotopic (exact) mass is 207 g/mol. The number of hydrogen-bond acceptors (Lipinski definition) is 4. The Hall–Kier alpha value is -2.11. The van der Waals surface area contributed by atoms with Crippen LogP contribution in [0.5, 0.6) is 0 Å². The molecule has 6 heteroatoms. The molecule has 1 aliphatic heterocycles. The molecule has 1 aromatic heterocycles. The number of nitrogens with zero attached hydrogens (tertiary/aromatic N) is 3. The highest BCUT2D eigenvalue weighted by atomic mass is 16.3. The quantitative estimate of drug-likeness (QED) is 0.535. The van der Waals surface area contributed by atoms with E-state index in [4.69, 9.17) is 4.42 Å². The zero-order valence-electron chi connectivity index (χ0n) is 7.87. The number of carbonyl (C=O) groups excluding carboxylic acids is 2. The molecule has 0 radical (unpaired) electrons. The lowest BCUT2D eigenvalue weighted by Gasteiger charge is -2.07. The number of amides is 3. The van der Waals surface area contributed by atoms with Crippen molar-refractivity contribution in [1.82, 2.24) is 9.91 Å². The molecule has 2 heterocycles. The van der Waals surface area contributed by atoms with Gasteiger partial charge in [-0.3, -0.25) is 9.69 Å². The van der Waals surface area contributed by atoms with Gasteiger partial charge in [0.1, 0.15) is 5.76 Å². The Balaban J connectivity index is 2.02. The maximum Gasteiger partial charge on any atom is 0.347 e. The molecule has 0 saturated carbocycles. The topological polar surface area (TPSA) is 66.1 Å². The zero-order valence-corrected chi connectivity index (χ0v) is 7.87. The van der Waals surface area contributed by atoms with Crippen molar-refractivity contribution < 1.29 is 14.0 Å². The number of hydrazone groups is 1. The Labute approximate surface area is 85.8 Å². The van der Waals surface area contributed by atoms with Crippen LogP contribution in [0.15, 0.2) is 27.9 Å². The van der Waals surface area contributed by atoms with Gasteiger partial charge in [-0.2, -0.15) is 5.10 Å². The second-order valence-corrected chi connectivity index (χ2v) is 2.96. The van der Waals surface area contributed by atoms with E-state index in [-0.39, 0.29) is 0 Å². The summed E-state index contributed by atoms with van der Waals surface area (Å²) in [5.41, 5.74) is 0. The maximum absolute atomic E-state index is 11.4. The van der Waals surface area contributed by atoms with Crippen LogP contribution in [0.1, 0.15) is 5.76 Å². The molecule has 0 bridgehead atoms. The molecule has 1 fully saturated rings. The Kier molecular flexibility index (Phi) is 2.49. The maximum atomic E-state index is 11.4. The van der Waals surface area contributed by atoms with Crippen molar-refractivity contribution in [1.29, 1.82) is 0 Å². The van der Waals surface area contributed by atoms with E-state index in [1.165, 1.54) is 17.5 Å². The first-order chi connectivity index (χ1) is 7.31. The molecule has 1 aromatic rings. The number of imide groups is 1. The van der Waals surface area contributed by atoms with Crippen LogP contribution < -0.4 is 0 Å². The average Bonchev–Trinajstić information content (AvgIpc) is 2.85. The Morgan fingerprint density at radius 1 is 1.47 bits per heavy atom. The highest BCUT2D eigenvalue weighted by Gasteiger charge is 2.27. The lowest BCUT2D eigenvalue weighted by molar-refractivity contribution is -0.115. The molecular formula is C9H9N3O3. The summed E-state index contributed by atoms with van der Waals surface area (Å²) in [6.45, 7) is 0.784. The van der Waals surface area contributed by atoms with Crippen molar-refractivity contribution in [3.63, 3.8) is 0 Å². The predicted molar refractivity (Wildman–Crippen MR) is 51.2 cm³/mol. The third-order valence-electron chi connectivity index (χ3n) is 2.01. The van der Waals surface area contributed by atoms with Crippen LogP contribution in [-0.4, -0.2) is 41.7 Å². The fraction of sp³-hybridized carbons (Fsp3) is 0.222. The summed E-state index contributed by atoms with van der Waals surface area (Å²) in [6.07, 6.45) is 3.46. The summed E-state index contributed by atoms with van der Waals surface area (Å²) in [5.74, 6) is 0.562. The van der Waals surface area contributed by atoms with E-state index >= 15 is 0 Å². The molecule has 0 spiro atoms. The number of rotatable bonds is 3. The smallest absolute Gasteiger partial charge is 0.347 e. The molecule has 3 amide bonds. The molecule has 15 heavy (non-hydrogen) atoms. The summed E-state index contributed by atoms with van der Waals surface area (Å²) < 4.78 is 5.01. The fourth-order valence-corrected chi connectivity index (χ4v) is 1.24. The van der Waals surface area contributed by atoms with Gasteiger partial charge in [0.25, 0.3) is 0 Å². The molecule has 0 aliphatic carbocycles. The van der Waals surface area contributed by atoms with E-state index < -0.39 is 6.03 Å². The van der Waals surface area contributed by atoms with Gasteiger partial charge in [0.15, 0.2) is 0 Å². The van der Waals surface area contributed by atoms with Gasteiger partial charge in [-0.1, -0.05) is 0 Å². The van der Waals surface area contributed by atoms with Crippen molar-refractivity contribution in [3.8, 4) is 0 Å². The second kappa shape index (κ2) is 3.95. The van der Waals surface area contributed by atoms with Crippen LogP contribution in [0.3, 0.4) is 0 Å². The van der Waals surface area contributed by atoms with Gasteiger partial charge >= 0.3 is 6.03 Å². The molecule has 0 atom stereocenters. The molecular weight excluding hydrogens is 198 g/mol. The van der Waals surface area contributed by atoms with Crippen molar-refractivity contribution in [3.05, 3.63) is 24.2 Å². The Morgan fingerprint density at radius 2 is 2.33 bits per heavy atom. The van der Waals surface area contributed by atoms with Crippen molar-refractivity contribution in [2.24, 2.45) is 5.10 Å². The van der Waals surface area contributed by atoms with Crippen molar-refractivity contribution in [2.75, 3.05) is 13.1 Å². The van der Waals surface area contributed by atoms with Crippen LogP contribution in [0.4, 0.5) is 4.79 Å². The minimum atomic E-state index is -0.409. The van der Waals surface area contributed by atoms with Gasteiger partial charge in [0.05, 0.1) is 25.6 Å². The lowest BCUT2D eigenvalue weighted by Crippen LogP contribution is -2.27. The van der Waals surface area contributed by atoms with Gasteiger partial charge in [0, 0.05) is 0 Å². The molecule has 2 rings (SSSR count). The first kappa shape index (κ1) is 9.45. The summed E-state index contributed by atoms with van der Waals surface area (Å²) in [7, 11) is 0. The number of carbonyl (C=O) groups is 2. The standard InChI is InChI=1S/C9H9N3O3/c13-7-11-3-4-12(9(11)14)10-6-8-2-1-5-15-8/h1-2,5-7H,3-4H2/b10-6+. The SMILES string of the molecule is O=CN1CCN(/N=C/c2ccco2)C1=O. The van der Waals surface area contributed by atoms with E-state index in [1.807, 2.05) is 0 Å². The third kappa shape index (κ3) is 1.88. The third-order valence-corrected chi connectivity index (χ3v) is 2.01. The zero-order chi connectivity index (χ0) is 10.7. The molecule has 1 saturated heterocycles. The van der Waals surface area contributed by atoms with Crippen molar-refractivity contribution >= 4 is 18.7 Å². The lowest BCUT2D eigenvalue weighted by atomic mass is 10.5. The number of hydrogen-bond donors (Lipinski definition) is 0. The molecule has 6 nitrogen and oxygen atoms in total. The molecule has 0 N–H and O–H groups in total. The summed E-state index contributed by atoms with van der Waals surface area (Å²) >= 11 is 0. The van der Waals surface area contributed by atoms with Crippen LogP contribution in [-0.2, 0) is 4.79 Å². The van der Waals surface area contributed by atoms with Crippen LogP contribution in [0.2, 0.25) is 0 Å². The largest absolute Gasteiger partial charge is 0.463 e. The number of furan rings is 1. The second-order valence-electron chi connectivity index (χ2n) is 2.96.